The molecule has 13 nitrogen and oxygen atoms in total. The molecule has 19 unspecified atom stereocenters. The largest absolute Gasteiger partial charge is 0.392 e. The fraction of sp³-hybridized carbons (Fsp3) is 0.818. The summed E-state index contributed by atoms with van der Waals surface area (Å²) < 4.78 is 59.5. The van der Waals surface area contributed by atoms with Gasteiger partial charge in [0.2, 0.25) is 0 Å². The summed E-state index contributed by atoms with van der Waals surface area (Å²) in [5, 5.41) is 11.9. The van der Waals surface area contributed by atoms with Gasteiger partial charge in [0.15, 0.2) is 10.9 Å². The minimum absolute atomic E-state index is 0.0711. The number of nitrogens with one attached hydrogen (secondary N) is 1. The minimum atomic E-state index is -0.777. The molecule has 9 aliphatic rings. The number of aliphatic hydroxyl groups is 1. The molecule has 0 radical (unpaired) electrons. The molecule has 6 bridgehead atoms. The number of aromatic nitrogens is 2. The molecule has 1 aromatic rings. The Hall–Kier alpha value is -1.69. The van der Waals surface area contributed by atoms with Gasteiger partial charge in [0.05, 0.1) is 67.1 Å². The lowest BCUT2D eigenvalue weighted by Gasteiger charge is -2.47. The fourth-order valence-corrected chi connectivity index (χ4v) is 12.1. The molecule has 2 N–H and O–H groups in total. The van der Waals surface area contributed by atoms with Crippen molar-refractivity contribution in [3.63, 3.8) is 0 Å². The van der Waals surface area contributed by atoms with Crippen molar-refractivity contribution in [2.45, 2.75) is 206 Å². The van der Waals surface area contributed by atoms with Crippen LogP contribution in [0, 0.1) is 11.8 Å². The normalized spacial score (nSPS) is 46.1. The molecule has 19 atom stereocenters. The van der Waals surface area contributed by atoms with E-state index in [2.05, 4.69) is 43.9 Å². The number of H-pyrrole nitrogens is 1. The third-order valence-electron chi connectivity index (χ3n) is 14.5. The number of hydrogen-bond donors (Lipinski definition) is 2. The number of rotatable bonds is 16. The standard InChI is InChI=1S/C44H64N2O11S/c1-7-28-14-22(2)24(4)33(51-28)19-34-31(37(49-6)35(53-34)18-27(48)21-58-43-45-12-13-46-43)17-26(47)16-29-8-9-32-38(52-29)42-41-40(54-32)39-36(55-41)20-44(56-39,57-42)11-10-30-15-23(3)25(5)50-30/h12-13,22,25,27-42,48H,3-4,7-11,14-21H2,1-2,5-6H3,(H,45,46). The van der Waals surface area contributed by atoms with Crippen LogP contribution in [0.1, 0.15) is 97.8 Å². The number of aromatic amines is 1. The molecule has 58 heavy (non-hydrogen) atoms. The zero-order valence-electron chi connectivity index (χ0n) is 34.5. The summed E-state index contributed by atoms with van der Waals surface area (Å²) in [5.41, 5.74) is 2.21. The van der Waals surface area contributed by atoms with Gasteiger partial charge in [-0.15, -0.1) is 0 Å². The molecular formula is C44H64N2O11S. The number of ether oxygens (including phenoxy) is 9. The zero-order chi connectivity index (χ0) is 40.3. The van der Waals surface area contributed by atoms with Crippen molar-refractivity contribution in [3.8, 4) is 0 Å². The van der Waals surface area contributed by atoms with Gasteiger partial charge >= 0.3 is 0 Å². The molecule has 9 fully saturated rings. The molecule has 0 aliphatic carbocycles. The lowest BCUT2D eigenvalue weighted by Crippen LogP contribution is -2.61. The van der Waals surface area contributed by atoms with Crippen molar-refractivity contribution >= 4 is 17.5 Å². The molecule has 0 spiro atoms. The van der Waals surface area contributed by atoms with E-state index >= 15 is 0 Å². The molecule has 9 aliphatic heterocycles. The summed E-state index contributed by atoms with van der Waals surface area (Å²) >= 11 is 1.47. The highest BCUT2D eigenvalue weighted by Gasteiger charge is 2.68. The Bertz CT molecular complexity index is 1630. The van der Waals surface area contributed by atoms with E-state index in [1.54, 1.807) is 19.5 Å². The number of carbonyl (C=O) groups excluding carboxylic acids is 1. The van der Waals surface area contributed by atoms with Crippen LogP contribution >= 0.6 is 11.8 Å². The highest BCUT2D eigenvalue weighted by Crippen LogP contribution is 2.54. The van der Waals surface area contributed by atoms with Crippen molar-refractivity contribution < 1.29 is 52.5 Å². The molecule has 0 amide bonds. The van der Waals surface area contributed by atoms with Gasteiger partial charge in [0.1, 0.15) is 36.3 Å². The van der Waals surface area contributed by atoms with Crippen molar-refractivity contribution in [1.82, 2.24) is 9.97 Å². The van der Waals surface area contributed by atoms with Gasteiger partial charge in [0, 0.05) is 69.7 Å². The second kappa shape index (κ2) is 17.2. The van der Waals surface area contributed by atoms with Gasteiger partial charge in [0.25, 0.3) is 0 Å². The van der Waals surface area contributed by atoms with Crippen LogP contribution in [-0.2, 0) is 47.4 Å². The third kappa shape index (κ3) is 8.31. The molecule has 10 rings (SSSR count). The number of methoxy groups -OCH3 is 1. The summed E-state index contributed by atoms with van der Waals surface area (Å²) in [6.45, 7) is 15.0. The SMILES string of the molecule is C=C1CC(CCC23CC4OC5C(OC6CCC(CC(=O)CC7C(CC8OC(CC)CC(C)C8=C)OC(CC(O)CSc8ncc[nH]8)C7OC)OC6C5O2)C4O3)OC1C. The Morgan fingerprint density at radius 2 is 1.79 bits per heavy atom. The van der Waals surface area contributed by atoms with Gasteiger partial charge in [-0.1, -0.05) is 38.8 Å². The predicted molar refractivity (Wildman–Crippen MR) is 213 cm³/mol. The Labute approximate surface area is 346 Å². The van der Waals surface area contributed by atoms with Crippen LogP contribution in [-0.4, -0.2) is 137 Å². The van der Waals surface area contributed by atoms with Crippen LogP contribution in [0.15, 0.2) is 41.9 Å². The summed E-state index contributed by atoms with van der Waals surface area (Å²) in [4.78, 5) is 21.6. The Balaban J connectivity index is 0.861. The second-order valence-corrected chi connectivity index (χ2v) is 19.4. The molecule has 0 saturated carbocycles. The quantitative estimate of drug-likeness (QED) is 0.157. The first-order chi connectivity index (χ1) is 28.0. The minimum Gasteiger partial charge on any atom is -0.392 e. The average molecular weight is 829 g/mol. The van der Waals surface area contributed by atoms with Gasteiger partial charge in [-0.05, 0) is 62.5 Å². The highest BCUT2D eigenvalue weighted by atomic mass is 32.2. The van der Waals surface area contributed by atoms with E-state index in [4.69, 9.17) is 42.6 Å². The van der Waals surface area contributed by atoms with Crippen molar-refractivity contribution in [1.29, 1.82) is 0 Å². The van der Waals surface area contributed by atoms with Crippen molar-refractivity contribution in [2.24, 2.45) is 11.8 Å². The summed E-state index contributed by atoms with van der Waals surface area (Å²) in [7, 11) is 1.68. The number of Topliss-reactive ketones (excluding diaryl/α,β-unsaturated/α-hetero) is 1. The molecule has 10 heterocycles. The maximum absolute atomic E-state index is 14.2. The lowest BCUT2D eigenvalue weighted by molar-refractivity contribution is -0.292. The number of imidazole rings is 1. The number of hydrogen-bond acceptors (Lipinski definition) is 13. The first kappa shape index (κ1) is 41.7. The van der Waals surface area contributed by atoms with Crippen LogP contribution in [0.3, 0.4) is 0 Å². The number of thioether (sulfide) groups is 1. The number of carbonyl (C=O) groups is 1. The lowest BCUT2D eigenvalue weighted by atomic mass is 9.81. The molecular weight excluding hydrogens is 765 g/mol. The fourth-order valence-electron chi connectivity index (χ4n) is 11.3. The monoisotopic (exact) mass is 828 g/mol. The van der Waals surface area contributed by atoms with Crippen LogP contribution < -0.4 is 0 Å². The smallest absolute Gasteiger partial charge is 0.172 e. The second-order valence-electron chi connectivity index (χ2n) is 18.4. The summed E-state index contributed by atoms with van der Waals surface area (Å²) in [5.74, 6) is -0.108. The number of ketones is 1. The van der Waals surface area contributed by atoms with E-state index in [1.807, 2.05) is 0 Å². The Morgan fingerprint density at radius 1 is 0.983 bits per heavy atom. The van der Waals surface area contributed by atoms with Gasteiger partial charge in [-0.2, -0.15) is 0 Å². The predicted octanol–water partition coefficient (Wildman–Crippen LogP) is 5.63. The van der Waals surface area contributed by atoms with E-state index in [0.717, 1.165) is 48.4 Å². The van der Waals surface area contributed by atoms with Gasteiger partial charge in [-0.3, -0.25) is 4.79 Å². The van der Waals surface area contributed by atoms with Crippen LogP contribution in [0.2, 0.25) is 0 Å². The highest BCUT2D eigenvalue weighted by molar-refractivity contribution is 7.99. The summed E-state index contributed by atoms with van der Waals surface area (Å²) in [6, 6.07) is 0. The van der Waals surface area contributed by atoms with Crippen LogP contribution in [0.25, 0.3) is 0 Å². The van der Waals surface area contributed by atoms with Crippen molar-refractivity contribution in [2.75, 3.05) is 12.9 Å². The topological polar surface area (TPSA) is 149 Å². The van der Waals surface area contributed by atoms with Crippen molar-refractivity contribution in [3.05, 3.63) is 36.7 Å². The third-order valence-corrected chi connectivity index (χ3v) is 15.5. The number of fused-ring (bicyclic) bond motifs is 1. The van der Waals surface area contributed by atoms with E-state index in [0.29, 0.717) is 43.8 Å². The first-order valence-corrected chi connectivity index (χ1v) is 23.0. The molecule has 14 heteroatoms. The molecule has 1 aromatic heterocycles. The maximum Gasteiger partial charge on any atom is 0.172 e. The van der Waals surface area contributed by atoms with E-state index in [9.17, 15) is 9.90 Å². The molecule has 9 saturated heterocycles. The van der Waals surface area contributed by atoms with E-state index in [1.165, 1.54) is 11.8 Å². The molecule has 322 valence electrons. The van der Waals surface area contributed by atoms with Crippen LogP contribution in [0.5, 0.6) is 0 Å². The van der Waals surface area contributed by atoms with E-state index in [-0.39, 0.29) is 116 Å². The number of aliphatic hydroxyl groups excluding tert-OH is 1. The van der Waals surface area contributed by atoms with Gasteiger partial charge in [-0.25, -0.2) is 4.98 Å². The molecule has 0 aromatic carbocycles. The first-order valence-electron chi connectivity index (χ1n) is 22.0. The van der Waals surface area contributed by atoms with E-state index < -0.39 is 11.9 Å². The maximum atomic E-state index is 14.2. The number of nitrogens with zero attached hydrogens (tertiary/aromatic N) is 1. The van der Waals surface area contributed by atoms with Gasteiger partial charge < -0.3 is 52.7 Å². The average Bonchev–Trinajstić information content (AvgIpc) is 4.00. The summed E-state index contributed by atoms with van der Waals surface area (Å²) in [6.07, 6.45) is 7.98. The Morgan fingerprint density at radius 3 is 2.55 bits per heavy atom. The zero-order valence-corrected chi connectivity index (χ0v) is 35.4. The van der Waals surface area contributed by atoms with Crippen LogP contribution in [0.4, 0.5) is 0 Å². The Kier molecular flexibility index (Phi) is 12.4.